The van der Waals surface area contributed by atoms with Gasteiger partial charge in [0, 0.05) is 35.5 Å². The Morgan fingerprint density at radius 2 is 1.74 bits per heavy atom. The fraction of sp³-hybridized carbons (Fsp3) is 0.241. The molecule has 35 heavy (non-hydrogen) atoms. The van der Waals surface area contributed by atoms with Crippen LogP contribution in [0.1, 0.15) is 52.6 Å². The van der Waals surface area contributed by atoms with E-state index in [1.807, 2.05) is 73.7 Å². The SMILES string of the molecule is COc1ccc(OCc2c(O[C@@](C)(c3ccccc3)c3ncc[nH]3)ccc3c2CCCC3=O)cc1. The second-order valence-electron chi connectivity index (χ2n) is 8.75. The van der Waals surface area contributed by atoms with Crippen LogP contribution in [0.5, 0.6) is 17.2 Å². The zero-order valence-corrected chi connectivity index (χ0v) is 19.9. The van der Waals surface area contributed by atoms with E-state index in [9.17, 15) is 4.79 Å². The maximum absolute atomic E-state index is 12.7. The number of Topliss-reactive ketones (excluding diaryl/α,β-unsaturated/α-hetero) is 1. The highest BCUT2D eigenvalue weighted by Gasteiger charge is 2.35. The quantitative estimate of drug-likeness (QED) is 0.351. The summed E-state index contributed by atoms with van der Waals surface area (Å²) in [5.74, 6) is 3.02. The number of carbonyl (C=O) groups excluding carboxylic acids is 1. The molecule has 0 amide bonds. The number of nitrogens with one attached hydrogen (secondary N) is 1. The van der Waals surface area contributed by atoms with E-state index in [0.29, 0.717) is 23.7 Å². The van der Waals surface area contributed by atoms with E-state index >= 15 is 0 Å². The third-order valence-corrected chi connectivity index (χ3v) is 6.55. The van der Waals surface area contributed by atoms with Crippen LogP contribution >= 0.6 is 0 Å². The van der Waals surface area contributed by atoms with E-state index < -0.39 is 5.60 Å². The van der Waals surface area contributed by atoms with E-state index in [-0.39, 0.29) is 12.4 Å². The monoisotopic (exact) mass is 468 g/mol. The van der Waals surface area contributed by atoms with Crippen LogP contribution in [-0.2, 0) is 18.6 Å². The average Bonchev–Trinajstić information content (AvgIpc) is 3.45. The minimum Gasteiger partial charge on any atom is -0.497 e. The second-order valence-corrected chi connectivity index (χ2v) is 8.75. The number of ether oxygens (including phenoxy) is 3. The Labute approximate surface area is 204 Å². The molecule has 5 rings (SSSR count). The number of methoxy groups -OCH3 is 1. The molecule has 1 N–H and O–H groups in total. The highest BCUT2D eigenvalue weighted by Crippen LogP contribution is 2.38. The lowest BCUT2D eigenvalue weighted by molar-refractivity contribution is 0.0970. The number of hydrogen-bond donors (Lipinski definition) is 1. The molecular weight excluding hydrogens is 440 g/mol. The fourth-order valence-corrected chi connectivity index (χ4v) is 4.61. The van der Waals surface area contributed by atoms with Crippen molar-refractivity contribution in [2.24, 2.45) is 0 Å². The molecule has 0 unspecified atom stereocenters. The van der Waals surface area contributed by atoms with E-state index in [1.54, 1.807) is 19.5 Å². The first kappa shape index (κ1) is 22.7. The summed E-state index contributed by atoms with van der Waals surface area (Å²) in [4.78, 5) is 20.4. The summed E-state index contributed by atoms with van der Waals surface area (Å²) in [7, 11) is 1.63. The predicted octanol–water partition coefficient (Wildman–Crippen LogP) is 5.86. The first-order valence-electron chi connectivity index (χ1n) is 11.8. The van der Waals surface area contributed by atoms with E-state index in [4.69, 9.17) is 14.2 Å². The molecule has 4 aromatic rings. The van der Waals surface area contributed by atoms with Gasteiger partial charge in [-0.25, -0.2) is 4.98 Å². The number of aromatic amines is 1. The molecule has 1 aliphatic carbocycles. The molecule has 1 atom stereocenters. The number of hydrogen-bond acceptors (Lipinski definition) is 5. The van der Waals surface area contributed by atoms with E-state index in [1.165, 1.54) is 0 Å². The molecule has 1 aromatic heterocycles. The fourth-order valence-electron chi connectivity index (χ4n) is 4.61. The molecule has 1 aliphatic rings. The van der Waals surface area contributed by atoms with Gasteiger partial charge in [-0.1, -0.05) is 30.3 Å². The number of rotatable bonds is 8. The summed E-state index contributed by atoms with van der Waals surface area (Å²) in [5, 5.41) is 0. The lowest BCUT2D eigenvalue weighted by atomic mass is 9.86. The van der Waals surface area contributed by atoms with Gasteiger partial charge in [-0.3, -0.25) is 4.79 Å². The minimum atomic E-state index is -0.869. The molecule has 6 nitrogen and oxygen atoms in total. The number of H-pyrrole nitrogens is 1. The topological polar surface area (TPSA) is 73.4 Å². The number of benzene rings is 3. The van der Waals surface area contributed by atoms with E-state index in [2.05, 4.69) is 9.97 Å². The van der Waals surface area contributed by atoms with Crippen molar-refractivity contribution in [2.75, 3.05) is 7.11 Å². The standard InChI is InChI=1S/C29H28N2O4/c1-29(28-30-17-18-31-28,20-7-4-3-5-8-20)35-27-16-15-24-23(9-6-10-26(24)32)25(27)19-34-22-13-11-21(33-2)12-14-22/h3-5,7-8,11-18H,6,9-10,19H2,1-2H3,(H,30,31)/t29-/m0/s1. The largest absolute Gasteiger partial charge is 0.497 e. The van der Waals surface area contributed by atoms with Gasteiger partial charge < -0.3 is 19.2 Å². The number of ketones is 1. The van der Waals surface area contributed by atoms with Gasteiger partial charge >= 0.3 is 0 Å². The molecule has 0 fully saturated rings. The Morgan fingerprint density at radius 1 is 0.971 bits per heavy atom. The highest BCUT2D eigenvalue weighted by molar-refractivity contribution is 5.99. The Bertz CT molecular complexity index is 1300. The van der Waals surface area contributed by atoms with Crippen molar-refractivity contribution in [3.8, 4) is 17.2 Å². The maximum atomic E-state index is 12.7. The van der Waals surface area contributed by atoms with Gasteiger partial charge in [0.15, 0.2) is 17.2 Å². The molecule has 0 saturated carbocycles. The molecule has 6 heteroatoms. The summed E-state index contributed by atoms with van der Waals surface area (Å²) >= 11 is 0. The predicted molar refractivity (Wildman–Crippen MR) is 133 cm³/mol. The second kappa shape index (κ2) is 9.66. The van der Waals surface area contributed by atoms with Crippen molar-refractivity contribution < 1.29 is 19.0 Å². The maximum Gasteiger partial charge on any atom is 0.188 e. The highest BCUT2D eigenvalue weighted by atomic mass is 16.5. The van der Waals surface area contributed by atoms with E-state index in [0.717, 1.165) is 40.8 Å². The van der Waals surface area contributed by atoms with Crippen LogP contribution in [0, 0.1) is 0 Å². The van der Waals surface area contributed by atoms with Gasteiger partial charge in [0.05, 0.1) is 7.11 Å². The first-order chi connectivity index (χ1) is 17.1. The molecule has 0 aliphatic heterocycles. The zero-order valence-electron chi connectivity index (χ0n) is 19.9. The molecule has 178 valence electrons. The summed E-state index contributed by atoms with van der Waals surface area (Å²) in [6.45, 7) is 2.28. The Balaban J connectivity index is 1.55. The first-order valence-corrected chi connectivity index (χ1v) is 11.8. The number of imidazole rings is 1. The number of fused-ring (bicyclic) bond motifs is 1. The third kappa shape index (κ3) is 4.52. The van der Waals surface area contributed by atoms with Crippen LogP contribution in [0.25, 0.3) is 0 Å². The lowest BCUT2D eigenvalue weighted by Gasteiger charge is -2.32. The Hall–Kier alpha value is -4.06. The van der Waals surface area contributed by atoms with Crippen molar-refractivity contribution in [1.29, 1.82) is 0 Å². The average molecular weight is 469 g/mol. The van der Waals surface area contributed by atoms with Gasteiger partial charge in [-0.05, 0) is 61.7 Å². The molecular formula is C29H28N2O4. The van der Waals surface area contributed by atoms with Crippen LogP contribution in [0.2, 0.25) is 0 Å². The van der Waals surface area contributed by atoms with Crippen LogP contribution in [0.4, 0.5) is 0 Å². The number of aromatic nitrogens is 2. The lowest BCUT2D eigenvalue weighted by Crippen LogP contribution is -2.33. The van der Waals surface area contributed by atoms with Gasteiger partial charge in [-0.15, -0.1) is 0 Å². The number of nitrogens with zero attached hydrogens (tertiary/aromatic N) is 1. The Kier molecular flexibility index (Phi) is 6.27. The Morgan fingerprint density at radius 3 is 2.46 bits per heavy atom. The molecule has 0 radical (unpaired) electrons. The van der Waals surface area contributed by atoms with Gasteiger partial charge in [0.1, 0.15) is 23.9 Å². The molecule has 3 aromatic carbocycles. The number of carbonyl (C=O) groups is 1. The van der Waals surface area contributed by atoms with Gasteiger partial charge in [0.2, 0.25) is 0 Å². The van der Waals surface area contributed by atoms with Crippen molar-refractivity contribution in [3.05, 3.63) is 107 Å². The van der Waals surface area contributed by atoms with Gasteiger partial charge in [0.25, 0.3) is 0 Å². The van der Waals surface area contributed by atoms with Crippen molar-refractivity contribution in [3.63, 3.8) is 0 Å². The zero-order chi connectivity index (χ0) is 24.3. The minimum absolute atomic E-state index is 0.167. The summed E-state index contributed by atoms with van der Waals surface area (Å²) in [6, 6.07) is 21.2. The van der Waals surface area contributed by atoms with Crippen LogP contribution in [0.15, 0.2) is 79.1 Å². The molecule has 1 heterocycles. The van der Waals surface area contributed by atoms with Crippen molar-refractivity contribution >= 4 is 5.78 Å². The summed E-state index contributed by atoms with van der Waals surface area (Å²) in [6.07, 6.45) is 5.71. The normalized spacial score (nSPS) is 14.6. The summed E-state index contributed by atoms with van der Waals surface area (Å²) in [5.41, 5.74) is 2.75. The molecule has 0 spiro atoms. The smallest absolute Gasteiger partial charge is 0.188 e. The van der Waals surface area contributed by atoms with Crippen LogP contribution in [0.3, 0.4) is 0 Å². The van der Waals surface area contributed by atoms with Crippen molar-refractivity contribution in [1.82, 2.24) is 9.97 Å². The summed E-state index contributed by atoms with van der Waals surface area (Å²) < 4.78 is 18.2. The molecule has 0 bridgehead atoms. The molecule has 0 saturated heterocycles. The van der Waals surface area contributed by atoms with Crippen LogP contribution < -0.4 is 14.2 Å². The van der Waals surface area contributed by atoms with Crippen LogP contribution in [-0.4, -0.2) is 22.9 Å². The van der Waals surface area contributed by atoms with Crippen molar-refractivity contribution in [2.45, 2.75) is 38.4 Å². The van der Waals surface area contributed by atoms with Gasteiger partial charge in [-0.2, -0.15) is 0 Å². The third-order valence-electron chi connectivity index (χ3n) is 6.55.